The Hall–Kier alpha value is -1.61. The molecule has 2 N–H and O–H groups in total. The third kappa shape index (κ3) is 6.55. The van der Waals surface area contributed by atoms with Crippen LogP contribution in [0, 0.1) is 46.3 Å². The molecule has 0 bridgehead atoms. The summed E-state index contributed by atoms with van der Waals surface area (Å²) in [5, 5.41) is 12.8. The highest BCUT2D eigenvalue weighted by Crippen LogP contribution is 2.68. The molecule has 3 saturated carbocycles. The Morgan fingerprint density at radius 3 is 2.52 bits per heavy atom. The van der Waals surface area contributed by atoms with Crippen LogP contribution in [0.5, 0.6) is 0 Å². The van der Waals surface area contributed by atoms with Crippen molar-refractivity contribution in [2.45, 2.75) is 143 Å². The number of isocyanates is 1. The summed E-state index contributed by atoms with van der Waals surface area (Å²) < 4.78 is 0. The van der Waals surface area contributed by atoms with E-state index in [2.05, 4.69) is 51.0 Å². The van der Waals surface area contributed by atoms with Gasteiger partial charge in [-0.25, -0.2) is 14.6 Å². The molecule has 40 heavy (non-hydrogen) atoms. The lowest BCUT2D eigenvalue weighted by atomic mass is 9.46. The van der Waals surface area contributed by atoms with Gasteiger partial charge in [0.05, 0.1) is 6.54 Å². The van der Waals surface area contributed by atoms with E-state index in [0.717, 1.165) is 86.9 Å². The van der Waals surface area contributed by atoms with Crippen molar-refractivity contribution in [2.75, 3.05) is 6.54 Å². The van der Waals surface area contributed by atoms with Crippen molar-refractivity contribution in [1.82, 2.24) is 5.32 Å². The number of aliphatic imine (C=N–C) groups is 1. The summed E-state index contributed by atoms with van der Waals surface area (Å²) >= 11 is 0. The highest BCUT2D eigenvalue weighted by atomic mass is 16.4. The average Bonchev–Trinajstić information content (AvgIpc) is 3.25. The number of hydrogen-bond acceptors (Lipinski definition) is 3. The fraction of sp³-hybridized carbons (Fsp3) is 0.886. The van der Waals surface area contributed by atoms with Crippen LogP contribution in [0.3, 0.4) is 0 Å². The quantitative estimate of drug-likeness (QED) is 0.103. The van der Waals surface area contributed by atoms with Gasteiger partial charge in [0.2, 0.25) is 6.08 Å². The Kier molecular flexibility index (Phi) is 10.3. The Morgan fingerprint density at radius 1 is 1.02 bits per heavy atom. The predicted octanol–water partition coefficient (Wildman–Crippen LogP) is 9.32. The summed E-state index contributed by atoms with van der Waals surface area (Å²) in [5.74, 6) is 4.94. The van der Waals surface area contributed by atoms with E-state index in [1.165, 1.54) is 51.4 Å². The first-order valence-electron chi connectivity index (χ1n) is 16.8. The van der Waals surface area contributed by atoms with Crippen LogP contribution in [0.4, 0.5) is 4.79 Å². The van der Waals surface area contributed by atoms with E-state index in [1.54, 1.807) is 11.7 Å². The van der Waals surface area contributed by atoms with Crippen molar-refractivity contribution in [3.8, 4) is 0 Å². The van der Waals surface area contributed by atoms with Crippen molar-refractivity contribution < 1.29 is 14.7 Å². The van der Waals surface area contributed by atoms with Crippen molar-refractivity contribution in [3.05, 3.63) is 11.6 Å². The van der Waals surface area contributed by atoms with E-state index >= 15 is 0 Å². The highest BCUT2D eigenvalue weighted by Gasteiger charge is 2.60. The maximum Gasteiger partial charge on any atom is 0.405 e. The van der Waals surface area contributed by atoms with Crippen LogP contribution in [0.1, 0.15) is 137 Å². The van der Waals surface area contributed by atoms with Crippen molar-refractivity contribution >= 4 is 12.2 Å². The second-order valence-electron chi connectivity index (χ2n) is 15.3. The molecule has 0 aliphatic heterocycles. The Balaban J connectivity index is 1.43. The van der Waals surface area contributed by atoms with Crippen molar-refractivity contribution in [1.29, 1.82) is 0 Å². The molecule has 0 spiro atoms. The molecule has 0 aromatic heterocycles. The molecule has 0 aromatic carbocycles. The minimum Gasteiger partial charge on any atom is -0.465 e. The number of carbonyl (C=O) groups excluding carboxylic acids is 1. The Labute approximate surface area is 244 Å². The number of carboxylic acid groups (broad SMARTS) is 1. The van der Waals surface area contributed by atoms with Crippen molar-refractivity contribution in [3.63, 3.8) is 0 Å². The second kappa shape index (κ2) is 13.1. The van der Waals surface area contributed by atoms with E-state index in [9.17, 15) is 14.7 Å². The largest absolute Gasteiger partial charge is 0.465 e. The summed E-state index contributed by atoms with van der Waals surface area (Å²) in [5.41, 5.74) is 1.94. The molecule has 5 nitrogen and oxygen atoms in total. The summed E-state index contributed by atoms with van der Waals surface area (Å²) in [6, 6.07) is 0. The van der Waals surface area contributed by atoms with E-state index in [0.29, 0.717) is 12.0 Å². The van der Waals surface area contributed by atoms with E-state index < -0.39 is 6.09 Å². The van der Waals surface area contributed by atoms with Crippen LogP contribution in [-0.2, 0) is 4.79 Å². The van der Waals surface area contributed by atoms with Crippen molar-refractivity contribution in [2.24, 2.45) is 51.3 Å². The molecular weight excluding hydrogens is 496 g/mol. The topological polar surface area (TPSA) is 78.8 Å². The van der Waals surface area contributed by atoms with E-state index in [1.807, 2.05) is 0 Å². The number of fused-ring (bicyclic) bond motifs is 5. The lowest BCUT2D eigenvalue weighted by Crippen LogP contribution is -2.56. The molecular formula is C35H58N2O3. The molecule has 4 aliphatic carbocycles. The third-order valence-electron chi connectivity index (χ3n) is 12.6. The van der Waals surface area contributed by atoms with Gasteiger partial charge in [0.1, 0.15) is 0 Å². The van der Waals surface area contributed by atoms with E-state index in [-0.39, 0.29) is 11.0 Å². The first-order chi connectivity index (χ1) is 19.0. The van der Waals surface area contributed by atoms with Crippen LogP contribution in [0.25, 0.3) is 0 Å². The van der Waals surface area contributed by atoms with Gasteiger partial charge in [-0.1, -0.05) is 84.8 Å². The lowest BCUT2D eigenvalue weighted by molar-refractivity contribution is -0.0554. The summed E-state index contributed by atoms with van der Waals surface area (Å²) in [6.07, 6.45) is 22.0. The van der Waals surface area contributed by atoms with Gasteiger partial charge in [-0.3, -0.25) is 0 Å². The smallest absolute Gasteiger partial charge is 0.405 e. The van der Waals surface area contributed by atoms with Crippen LogP contribution < -0.4 is 5.32 Å². The predicted molar refractivity (Wildman–Crippen MR) is 163 cm³/mol. The van der Waals surface area contributed by atoms with Gasteiger partial charge in [0, 0.05) is 5.54 Å². The zero-order chi connectivity index (χ0) is 29.0. The molecule has 3 fully saturated rings. The van der Waals surface area contributed by atoms with Gasteiger partial charge in [0.15, 0.2) is 0 Å². The first-order valence-corrected chi connectivity index (χ1v) is 16.8. The van der Waals surface area contributed by atoms with Gasteiger partial charge < -0.3 is 10.4 Å². The number of carbonyl (C=O) groups is 1. The van der Waals surface area contributed by atoms with Gasteiger partial charge in [0.25, 0.3) is 0 Å². The Bertz CT molecular complexity index is 954. The minimum atomic E-state index is -0.883. The number of rotatable bonds is 13. The molecule has 4 rings (SSSR count). The van der Waals surface area contributed by atoms with Gasteiger partial charge in [-0.2, -0.15) is 0 Å². The highest BCUT2D eigenvalue weighted by molar-refractivity contribution is 5.66. The number of nitrogens with zero attached hydrogens (tertiary/aromatic N) is 1. The first kappa shape index (κ1) is 31.3. The number of hydrogen-bond donors (Lipinski definition) is 2. The fourth-order valence-corrected chi connectivity index (χ4v) is 10.4. The number of allylic oxidation sites excluding steroid dienone is 1. The maximum absolute atomic E-state index is 11.9. The summed E-state index contributed by atoms with van der Waals surface area (Å²) in [6.45, 7) is 13.0. The molecule has 226 valence electrons. The van der Waals surface area contributed by atoms with Crippen LogP contribution in [0.2, 0.25) is 0 Å². The molecule has 4 aliphatic rings. The third-order valence-corrected chi connectivity index (χ3v) is 12.6. The summed E-state index contributed by atoms with van der Waals surface area (Å²) in [7, 11) is 0. The van der Waals surface area contributed by atoms with Gasteiger partial charge >= 0.3 is 6.09 Å². The maximum atomic E-state index is 11.9. The molecule has 0 heterocycles. The normalized spacial score (nSPS) is 37.5. The van der Waals surface area contributed by atoms with Crippen LogP contribution >= 0.6 is 0 Å². The standard InChI is InChI=1S/C35H58N2O3/c1-25(2)11-10-12-26(3)29-15-16-30-28-14-13-27-23-35(37-32(39)40,18-8-6-7-9-22-36-24-38)21-20-33(27,4)31(28)17-19-34(29,30)5/h13,25-26,28-31,37H,6-12,14-23H2,1-5H3,(H,39,40)/t26-,28?,29-,30?,31?,33+,34-,35?/m1/s1. The zero-order valence-corrected chi connectivity index (χ0v) is 26.3. The SMILES string of the molecule is CC(C)CCC[C@@H](C)[C@H]1CCC2C3CC=C4CC(CCCCCCN=C=O)(NC(=O)O)CC[C@]4(C)C3CC[C@@]21C. The molecule has 8 atom stereocenters. The monoisotopic (exact) mass is 554 g/mol. The molecule has 4 unspecified atom stereocenters. The number of nitrogens with one attached hydrogen (secondary N) is 1. The van der Waals surface area contributed by atoms with Gasteiger partial charge in [-0.15, -0.1) is 0 Å². The zero-order valence-electron chi connectivity index (χ0n) is 26.3. The van der Waals surface area contributed by atoms with Crippen LogP contribution in [0.15, 0.2) is 16.6 Å². The Morgan fingerprint density at radius 2 is 1.80 bits per heavy atom. The molecule has 0 aromatic rings. The minimum absolute atomic E-state index is 0.224. The lowest BCUT2D eigenvalue weighted by Gasteiger charge is -2.60. The molecule has 0 saturated heterocycles. The molecule has 5 heteroatoms. The number of unbranched alkanes of at least 4 members (excludes halogenated alkanes) is 3. The second-order valence-corrected chi connectivity index (χ2v) is 15.3. The fourth-order valence-electron chi connectivity index (χ4n) is 10.4. The molecule has 0 radical (unpaired) electrons. The summed E-state index contributed by atoms with van der Waals surface area (Å²) in [4.78, 5) is 25.8. The van der Waals surface area contributed by atoms with E-state index in [4.69, 9.17) is 0 Å². The molecule has 1 amide bonds. The average molecular weight is 555 g/mol. The van der Waals surface area contributed by atoms with Crippen LogP contribution in [-0.4, -0.2) is 29.4 Å². The van der Waals surface area contributed by atoms with Gasteiger partial charge in [-0.05, 0) is 111 Å². The number of amides is 1.